The molecule has 146 valence electrons. The summed E-state index contributed by atoms with van der Waals surface area (Å²) < 4.78 is 24.3. The summed E-state index contributed by atoms with van der Waals surface area (Å²) in [5, 5.41) is 16.5. The first-order valence-corrected chi connectivity index (χ1v) is 10.2. The molecule has 0 aliphatic heterocycles. The van der Waals surface area contributed by atoms with E-state index in [1.165, 1.54) is 24.3 Å². The van der Waals surface area contributed by atoms with E-state index in [9.17, 15) is 13.2 Å². The van der Waals surface area contributed by atoms with Crippen molar-refractivity contribution in [1.29, 1.82) is 0 Å². The van der Waals surface area contributed by atoms with Crippen molar-refractivity contribution >= 4 is 33.2 Å². The zero-order chi connectivity index (χ0) is 20.5. The van der Waals surface area contributed by atoms with Crippen LogP contribution >= 0.6 is 11.6 Å². The van der Waals surface area contributed by atoms with Gasteiger partial charge in [-0.25, -0.2) is 18.2 Å². The average Bonchev–Trinajstić information content (AvgIpc) is 3.07. The molecule has 0 atom stereocenters. The molecule has 3 rings (SSSR count). The van der Waals surface area contributed by atoms with Crippen molar-refractivity contribution in [2.75, 3.05) is 5.32 Å². The van der Waals surface area contributed by atoms with Crippen molar-refractivity contribution in [2.45, 2.75) is 24.7 Å². The second-order valence-corrected chi connectivity index (χ2v) is 8.39. The van der Waals surface area contributed by atoms with Gasteiger partial charge in [0.25, 0.3) is 5.91 Å². The Kier molecular flexibility index (Phi) is 5.50. The van der Waals surface area contributed by atoms with Gasteiger partial charge in [-0.15, -0.1) is 5.10 Å². The van der Waals surface area contributed by atoms with E-state index in [-0.39, 0.29) is 16.5 Å². The van der Waals surface area contributed by atoms with Crippen LogP contribution in [0.25, 0.3) is 5.69 Å². The maximum absolute atomic E-state index is 12.7. The van der Waals surface area contributed by atoms with Crippen molar-refractivity contribution < 1.29 is 13.2 Å². The molecule has 1 aromatic heterocycles. The lowest BCUT2D eigenvalue weighted by atomic mass is 10.1. The molecule has 1 heterocycles. The number of carbonyl (C=O) groups excluding carboxylic acids is 1. The first kappa shape index (κ1) is 20.0. The average molecular weight is 420 g/mol. The predicted octanol–water partition coefficient (Wildman–Crippen LogP) is 2.94. The molecule has 0 aliphatic carbocycles. The van der Waals surface area contributed by atoms with Crippen LogP contribution in [0.5, 0.6) is 0 Å². The molecular formula is C18H18ClN5O3S. The number of carbonyl (C=O) groups is 1. The maximum atomic E-state index is 12.7. The second-order valence-electron chi connectivity index (χ2n) is 6.39. The molecule has 1 amide bonds. The highest BCUT2D eigenvalue weighted by Gasteiger charge is 2.23. The molecule has 3 aromatic rings. The number of amides is 1. The Labute approximate surface area is 167 Å². The molecule has 0 bridgehead atoms. The van der Waals surface area contributed by atoms with Crippen molar-refractivity contribution in [1.82, 2.24) is 15.0 Å². The number of benzene rings is 2. The van der Waals surface area contributed by atoms with Gasteiger partial charge >= 0.3 is 0 Å². The third-order valence-electron chi connectivity index (χ3n) is 3.98. The number of nitrogens with zero attached hydrogens (tertiary/aromatic N) is 3. The van der Waals surface area contributed by atoms with Crippen LogP contribution in [0.3, 0.4) is 0 Å². The van der Waals surface area contributed by atoms with E-state index in [1.54, 1.807) is 28.9 Å². The quantitative estimate of drug-likeness (QED) is 0.658. The fourth-order valence-corrected chi connectivity index (χ4v) is 3.30. The number of nitrogens with two attached hydrogens (primary N) is 1. The van der Waals surface area contributed by atoms with E-state index in [0.717, 1.165) is 5.69 Å². The third kappa shape index (κ3) is 4.22. The summed E-state index contributed by atoms with van der Waals surface area (Å²) in [5.74, 6) is -0.483. The molecule has 10 heteroatoms. The van der Waals surface area contributed by atoms with Crippen molar-refractivity contribution in [3.05, 3.63) is 64.9 Å². The highest BCUT2D eigenvalue weighted by atomic mass is 35.5. The van der Waals surface area contributed by atoms with Crippen LogP contribution < -0.4 is 10.5 Å². The Morgan fingerprint density at radius 1 is 1.11 bits per heavy atom. The molecule has 0 aliphatic rings. The highest BCUT2D eigenvalue weighted by molar-refractivity contribution is 7.89. The van der Waals surface area contributed by atoms with Crippen LogP contribution in [0.15, 0.2) is 53.4 Å². The Hall–Kier alpha value is -2.75. The smallest absolute Gasteiger partial charge is 0.278 e. The number of primary sulfonamides is 1. The topological polar surface area (TPSA) is 120 Å². The molecular weight excluding hydrogens is 402 g/mol. The normalized spacial score (nSPS) is 11.6. The maximum Gasteiger partial charge on any atom is 0.278 e. The van der Waals surface area contributed by atoms with Gasteiger partial charge in [-0.05, 0) is 54.4 Å². The minimum atomic E-state index is -3.80. The number of hydrogen-bond acceptors (Lipinski definition) is 5. The van der Waals surface area contributed by atoms with Crippen LogP contribution in [0.1, 0.15) is 35.9 Å². The molecule has 28 heavy (non-hydrogen) atoms. The zero-order valence-corrected chi connectivity index (χ0v) is 16.7. The summed E-state index contributed by atoms with van der Waals surface area (Å²) in [6.07, 6.45) is 0. The summed E-state index contributed by atoms with van der Waals surface area (Å²) in [6.45, 7) is 3.87. The van der Waals surface area contributed by atoms with E-state index in [2.05, 4.69) is 15.6 Å². The molecule has 0 saturated carbocycles. The SMILES string of the molecule is CC(C)c1c(C(=O)Nc2ccc(S(N)(=O)=O)cc2)nnn1-c1ccc(Cl)cc1. The van der Waals surface area contributed by atoms with E-state index in [1.807, 2.05) is 13.8 Å². The molecule has 0 saturated heterocycles. The zero-order valence-electron chi connectivity index (χ0n) is 15.1. The van der Waals surface area contributed by atoms with Crippen LogP contribution in [0.2, 0.25) is 5.02 Å². The summed E-state index contributed by atoms with van der Waals surface area (Å²) in [4.78, 5) is 12.7. The summed E-state index contributed by atoms with van der Waals surface area (Å²) in [7, 11) is -3.80. The van der Waals surface area contributed by atoms with Crippen LogP contribution in [-0.2, 0) is 10.0 Å². The number of aromatic nitrogens is 3. The summed E-state index contributed by atoms with van der Waals surface area (Å²) in [6, 6.07) is 12.6. The molecule has 2 aromatic carbocycles. The molecule has 0 spiro atoms. The van der Waals surface area contributed by atoms with Crippen LogP contribution in [-0.4, -0.2) is 29.3 Å². The van der Waals surface area contributed by atoms with Crippen LogP contribution in [0.4, 0.5) is 5.69 Å². The van der Waals surface area contributed by atoms with Gasteiger partial charge in [0.15, 0.2) is 5.69 Å². The molecule has 0 unspecified atom stereocenters. The Morgan fingerprint density at radius 2 is 1.71 bits per heavy atom. The van der Waals surface area contributed by atoms with E-state index >= 15 is 0 Å². The third-order valence-corrected chi connectivity index (χ3v) is 5.16. The minimum Gasteiger partial charge on any atom is -0.321 e. The minimum absolute atomic E-state index is 0.0313. The number of nitrogens with one attached hydrogen (secondary N) is 1. The number of sulfonamides is 1. The second kappa shape index (κ2) is 7.70. The van der Waals surface area contributed by atoms with E-state index < -0.39 is 15.9 Å². The number of halogens is 1. The van der Waals surface area contributed by atoms with Gasteiger partial charge in [-0.2, -0.15) is 0 Å². The van der Waals surface area contributed by atoms with Gasteiger partial charge in [0.1, 0.15) is 0 Å². The molecule has 0 radical (unpaired) electrons. The monoisotopic (exact) mass is 419 g/mol. The van der Waals surface area contributed by atoms with Gasteiger partial charge in [-0.1, -0.05) is 30.7 Å². The van der Waals surface area contributed by atoms with Crippen molar-refractivity contribution in [3.63, 3.8) is 0 Å². The lowest BCUT2D eigenvalue weighted by molar-refractivity contribution is 0.102. The first-order valence-electron chi connectivity index (χ1n) is 8.32. The van der Waals surface area contributed by atoms with Gasteiger partial charge in [0.2, 0.25) is 10.0 Å². The van der Waals surface area contributed by atoms with Crippen molar-refractivity contribution in [2.24, 2.45) is 5.14 Å². The largest absolute Gasteiger partial charge is 0.321 e. The van der Waals surface area contributed by atoms with Crippen molar-refractivity contribution in [3.8, 4) is 5.69 Å². The van der Waals surface area contributed by atoms with Gasteiger partial charge in [0, 0.05) is 10.7 Å². The first-order chi connectivity index (χ1) is 13.2. The van der Waals surface area contributed by atoms with Gasteiger partial charge in [0.05, 0.1) is 16.3 Å². The number of rotatable bonds is 5. The molecule has 3 N–H and O–H groups in total. The lowest BCUT2D eigenvalue weighted by Crippen LogP contribution is -2.16. The van der Waals surface area contributed by atoms with Gasteiger partial charge in [-0.3, -0.25) is 4.79 Å². The van der Waals surface area contributed by atoms with E-state index in [4.69, 9.17) is 16.7 Å². The molecule has 8 nitrogen and oxygen atoms in total. The number of anilines is 1. The van der Waals surface area contributed by atoms with E-state index in [0.29, 0.717) is 16.4 Å². The van der Waals surface area contributed by atoms with Gasteiger partial charge < -0.3 is 5.32 Å². The Balaban J connectivity index is 1.91. The fraction of sp³-hybridized carbons (Fsp3) is 0.167. The predicted molar refractivity (Wildman–Crippen MR) is 106 cm³/mol. The Morgan fingerprint density at radius 3 is 2.25 bits per heavy atom. The fourth-order valence-electron chi connectivity index (χ4n) is 2.66. The Bertz CT molecular complexity index is 1110. The number of hydrogen-bond donors (Lipinski definition) is 2. The lowest BCUT2D eigenvalue weighted by Gasteiger charge is -2.11. The summed E-state index contributed by atoms with van der Waals surface area (Å²) >= 11 is 5.93. The molecule has 0 fully saturated rings. The standard InChI is InChI=1S/C18H18ClN5O3S/c1-11(2)17-16(22-23-24(17)14-7-3-12(19)4-8-14)18(25)21-13-5-9-15(10-6-13)28(20,26)27/h3-11H,1-2H3,(H,21,25)(H2,20,26,27). The summed E-state index contributed by atoms with van der Waals surface area (Å²) in [5.41, 5.74) is 1.96. The van der Waals surface area contributed by atoms with Crippen LogP contribution in [0, 0.1) is 0 Å². The highest BCUT2D eigenvalue weighted by Crippen LogP contribution is 2.23.